The zero-order chi connectivity index (χ0) is 19.4. The van der Waals surface area contributed by atoms with Gasteiger partial charge in [-0.05, 0) is 56.5 Å². The van der Waals surface area contributed by atoms with Gasteiger partial charge in [-0.2, -0.15) is 0 Å². The third-order valence-corrected chi connectivity index (χ3v) is 4.94. The second-order valence-electron chi connectivity index (χ2n) is 7.08. The molecule has 1 N–H and O–H groups in total. The molecule has 2 aromatic carbocycles. The van der Waals surface area contributed by atoms with Crippen molar-refractivity contribution in [3.63, 3.8) is 0 Å². The highest BCUT2D eigenvalue weighted by molar-refractivity contribution is 5.96. The van der Waals surface area contributed by atoms with Gasteiger partial charge in [0.2, 0.25) is 5.91 Å². The van der Waals surface area contributed by atoms with E-state index in [1.54, 1.807) is 7.11 Å². The lowest BCUT2D eigenvalue weighted by molar-refractivity contribution is -0.131. The van der Waals surface area contributed by atoms with Gasteiger partial charge in [0.25, 0.3) is 5.91 Å². The standard InChI is InChI=1S/C22H26N2O3/c1-15-10-16(2)12-18(11-15)22(26)23-14-21(25)24-9-5-8-20(24)17-6-4-7-19(13-17)27-3/h4,6-7,10-13,20H,5,8-9,14H2,1-3H3,(H,23,26). The molecule has 0 radical (unpaired) electrons. The summed E-state index contributed by atoms with van der Waals surface area (Å²) in [6, 6.07) is 13.6. The fraction of sp³-hybridized carbons (Fsp3) is 0.364. The molecule has 3 rings (SSSR count). The van der Waals surface area contributed by atoms with Crippen molar-refractivity contribution in [2.45, 2.75) is 32.7 Å². The molecule has 5 nitrogen and oxygen atoms in total. The van der Waals surface area contributed by atoms with E-state index in [1.807, 2.05) is 61.2 Å². The van der Waals surface area contributed by atoms with E-state index in [0.29, 0.717) is 12.1 Å². The lowest BCUT2D eigenvalue weighted by Gasteiger charge is -2.25. The Morgan fingerprint density at radius 2 is 1.89 bits per heavy atom. The minimum Gasteiger partial charge on any atom is -0.497 e. The summed E-state index contributed by atoms with van der Waals surface area (Å²) in [7, 11) is 1.64. The lowest BCUT2D eigenvalue weighted by atomic mass is 10.0. The van der Waals surface area contributed by atoms with Crippen molar-refractivity contribution >= 4 is 11.8 Å². The molecular weight excluding hydrogens is 340 g/mol. The number of hydrogen-bond acceptors (Lipinski definition) is 3. The molecular formula is C22H26N2O3. The third kappa shape index (κ3) is 4.48. The Hall–Kier alpha value is -2.82. The van der Waals surface area contributed by atoms with E-state index in [9.17, 15) is 9.59 Å². The van der Waals surface area contributed by atoms with Crippen molar-refractivity contribution in [1.82, 2.24) is 10.2 Å². The number of nitrogens with zero attached hydrogens (tertiary/aromatic N) is 1. The third-order valence-electron chi connectivity index (χ3n) is 4.94. The van der Waals surface area contributed by atoms with Gasteiger partial charge in [-0.1, -0.05) is 29.3 Å². The first kappa shape index (κ1) is 19.0. The topological polar surface area (TPSA) is 58.6 Å². The van der Waals surface area contributed by atoms with Crippen LogP contribution >= 0.6 is 0 Å². The highest BCUT2D eigenvalue weighted by Crippen LogP contribution is 2.33. The Kier molecular flexibility index (Phi) is 5.79. The highest BCUT2D eigenvalue weighted by Gasteiger charge is 2.30. The van der Waals surface area contributed by atoms with Gasteiger partial charge in [-0.3, -0.25) is 9.59 Å². The summed E-state index contributed by atoms with van der Waals surface area (Å²) in [5.74, 6) is 0.514. The molecule has 0 aliphatic carbocycles. The molecule has 1 saturated heterocycles. The maximum Gasteiger partial charge on any atom is 0.251 e. The number of likely N-dealkylation sites (tertiary alicyclic amines) is 1. The van der Waals surface area contributed by atoms with Crippen LogP contribution in [-0.2, 0) is 4.79 Å². The van der Waals surface area contributed by atoms with Crippen molar-refractivity contribution < 1.29 is 14.3 Å². The van der Waals surface area contributed by atoms with Gasteiger partial charge < -0.3 is 15.0 Å². The monoisotopic (exact) mass is 366 g/mol. The number of hydrogen-bond donors (Lipinski definition) is 1. The quantitative estimate of drug-likeness (QED) is 0.882. The maximum absolute atomic E-state index is 12.7. The van der Waals surface area contributed by atoms with Crippen molar-refractivity contribution in [1.29, 1.82) is 0 Å². The molecule has 1 aliphatic heterocycles. The van der Waals surface area contributed by atoms with Crippen LogP contribution in [0.5, 0.6) is 5.75 Å². The summed E-state index contributed by atoms with van der Waals surface area (Å²) in [4.78, 5) is 27.0. The minimum absolute atomic E-state index is 0.00624. The van der Waals surface area contributed by atoms with Crippen LogP contribution in [0.4, 0.5) is 0 Å². The molecule has 1 atom stereocenters. The van der Waals surface area contributed by atoms with Crippen molar-refractivity contribution in [2.24, 2.45) is 0 Å². The fourth-order valence-electron chi connectivity index (χ4n) is 3.73. The number of ether oxygens (including phenoxy) is 1. The molecule has 142 valence electrons. The van der Waals surface area contributed by atoms with E-state index in [2.05, 4.69) is 5.32 Å². The largest absolute Gasteiger partial charge is 0.497 e. The Morgan fingerprint density at radius 3 is 2.59 bits per heavy atom. The van der Waals surface area contributed by atoms with Crippen LogP contribution in [0.15, 0.2) is 42.5 Å². The summed E-state index contributed by atoms with van der Waals surface area (Å²) in [5, 5.41) is 2.77. The van der Waals surface area contributed by atoms with Crippen LogP contribution in [0.3, 0.4) is 0 Å². The average Bonchev–Trinajstić information content (AvgIpc) is 3.15. The predicted octanol–water partition coefficient (Wildman–Crippen LogP) is 3.41. The second kappa shape index (κ2) is 8.25. The van der Waals surface area contributed by atoms with Crippen LogP contribution in [0.25, 0.3) is 0 Å². The van der Waals surface area contributed by atoms with Crippen LogP contribution in [0.2, 0.25) is 0 Å². The molecule has 0 saturated carbocycles. The molecule has 2 aromatic rings. The molecule has 0 bridgehead atoms. The Morgan fingerprint density at radius 1 is 1.15 bits per heavy atom. The lowest BCUT2D eigenvalue weighted by Crippen LogP contribution is -2.39. The molecule has 0 spiro atoms. The van der Waals surface area contributed by atoms with E-state index in [-0.39, 0.29) is 24.4 Å². The van der Waals surface area contributed by atoms with Gasteiger partial charge in [0, 0.05) is 12.1 Å². The van der Waals surface area contributed by atoms with Gasteiger partial charge in [-0.15, -0.1) is 0 Å². The number of methoxy groups -OCH3 is 1. The summed E-state index contributed by atoms with van der Waals surface area (Å²) in [6.07, 6.45) is 1.88. The van der Waals surface area contributed by atoms with Crippen molar-refractivity contribution in [3.8, 4) is 5.75 Å². The first-order valence-corrected chi connectivity index (χ1v) is 9.28. The minimum atomic E-state index is -0.215. The summed E-state index contributed by atoms with van der Waals surface area (Å²) < 4.78 is 5.30. The molecule has 5 heteroatoms. The molecule has 0 aromatic heterocycles. The number of nitrogens with one attached hydrogen (secondary N) is 1. The number of carbonyl (C=O) groups excluding carboxylic acids is 2. The molecule has 2 amide bonds. The summed E-state index contributed by atoms with van der Waals surface area (Å²) >= 11 is 0. The fourth-order valence-corrected chi connectivity index (χ4v) is 3.73. The van der Waals surface area contributed by atoms with Gasteiger partial charge >= 0.3 is 0 Å². The van der Waals surface area contributed by atoms with Gasteiger partial charge in [-0.25, -0.2) is 0 Å². The molecule has 1 unspecified atom stereocenters. The van der Waals surface area contributed by atoms with Gasteiger partial charge in [0.05, 0.1) is 19.7 Å². The van der Waals surface area contributed by atoms with E-state index in [0.717, 1.165) is 35.3 Å². The van der Waals surface area contributed by atoms with Crippen molar-refractivity contribution in [3.05, 3.63) is 64.7 Å². The zero-order valence-electron chi connectivity index (χ0n) is 16.1. The van der Waals surface area contributed by atoms with Gasteiger partial charge in [0.15, 0.2) is 0 Å². The number of carbonyl (C=O) groups is 2. The number of rotatable bonds is 5. The van der Waals surface area contributed by atoms with Crippen LogP contribution < -0.4 is 10.1 Å². The molecule has 1 heterocycles. The Labute approximate surface area is 160 Å². The Balaban J connectivity index is 1.65. The first-order valence-electron chi connectivity index (χ1n) is 9.28. The van der Waals surface area contributed by atoms with E-state index in [4.69, 9.17) is 4.74 Å². The van der Waals surface area contributed by atoms with E-state index < -0.39 is 0 Å². The predicted molar refractivity (Wildman–Crippen MR) is 105 cm³/mol. The Bertz CT molecular complexity index is 827. The smallest absolute Gasteiger partial charge is 0.251 e. The SMILES string of the molecule is COc1cccc(C2CCCN2C(=O)CNC(=O)c2cc(C)cc(C)c2)c1. The first-order chi connectivity index (χ1) is 13.0. The highest BCUT2D eigenvalue weighted by atomic mass is 16.5. The van der Waals surface area contributed by atoms with Crippen LogP contribution in [0, 0.1) is 13.8 Å². The normalized spacial score (nSPS) is 16.3. The molecule has 1 fully saturated rings. The second-order valence-corrected chi connectivity index (χ2v) is 7.08. The molecule has 1 aliphatic rings. The summed E-state index contributed by atoms with van der Waals surface area (Å²) in [6.45, 7) is 4.63. The number of benzene rings is 2. The van der Waals surface area contributed by atoms with E-state index >= 15 is 0 Å². The number of aryl methyl sites for hydroxylation is 2. The van der Waals surface area contributed by atoms with Gasteiger partial charge in [0.1, 0.15) is 5.75 Å². The zero-order valence-corrected chi connectivity index (χ0v) is 16.1. The average molecular weight is 366 g/mol. The van der Waals surface area contributed by atoms with Crippen LogP contribution in [0.1, 0.15) is 45.9 Å². The summed E-state index contributed by atoms with van der Waals surface area (Å²) in [5.41, 5.74) is 3.72. The number of amides is 2. The maximum atomic E-state index is 12.7. The van der Waals surface area contributed by atoms with Crippen molar-refractivity contribution in [2.75, 3.05) is 20.2 Å². The molecule has 27 heavy (non-hydrogen) atoms. The van der Waals surface area contributed by atoms with Crippen LogP contribution in [-0.4, -0.2) is 36.9 Å². The van der Waals surface area contributed by atoms with E-state index in [1.165, 1.54) is 0 Å².